The number of hydrogen-bond donors (Lipinski definition) is 0. The van der Waals surface area contributed by atoms with Crippen LogP contribution in [-0.2, 0) is 27.5 Å². The molecule has 6 nitrogen and oxygen atoms in total. The Bertz CT molecular complexity index is 1000. The lowest BCUT2D eigenvalue weighted by atomic mass is 9.89. The molecular formula is C19H25N3O3S3. The summed E-state index contributed by atoms with van der Waals surface area (Å²) in [6.45, 7) is 4.73. The maximum atomic E-state index is 12.8. The van der Waals surface area contributed by atoms with Gasteiger partial charge >= 0.3 is 0 Å². The van der Waals surface area contributed by atoms with Gasteiger partial charge in [0.05, 0.1) is 17.3 Å². The van der Waals surface area contributed by atoms with Crippen LogP contribution in [0.15, 0.2) is 11.4 Å². The van der Waals surface area contributed by atoms with Crippen LogP contribution in [0, 0.1) is 5.92 Å². The maximum absolute atomic E-state index is 12.8. The highest BCUT2D eigenvalue weighted by molar-refractivity contribution is 8.00. The Morgan fingerprint density at radius 2 is 2.18 bits per heavy atom. The SMILES string of the molecule is CCN(C(=O)CSc1ncnc2sc3c(c12)CC[C@H](C)C3)[C@H]1CCS(=O)(=O)C1. The van der Waals surface area contributed by atoms with Crippen LogP contribution in [0.5, 0.6) is 0 Å². The minimum atomic E-state index is -3.01. The van der Waals surface area contributed by atoms with E-state index in [1.54, 1.807) is 22.6 Å². The maximum Gasteiger partial charge on any atom is 0.233 e. The lowest BCUT2D eigenvalue weighted by Crippen LogP contribution is -2.41. The van der Waals surface area contributed by atoms with E-state index in [9.17, 15) is 13.2 Å². The molecule has 3 heterocycles. The van der Waals surface area contributed by atoms with Gasteiger partial charge in [0.2, 0.25) is 5.91 Å². The summed E-state index contributed by atoms with van der Waals surface area (Å²) in [5.74, 6) is 1.23. The summed E-state index contributed by atoms with van der Waals surface area (Å²) in [7, 11) is -3.01. The third-order valence-corrected chi connectivity index (χ3v) is 9.59. The molecule has 1 amide bonds. The minimum Gasteiger partial charge on any atom is -0.338 e. The molecule has 28 heavy (non-hydrogen) atoms. The van der Waals surface area contributed by atoms with Crippen molar-refractivity contribution in [1.29, 1.82) is 0 Å². The molecule has 2 aliphatic rings. The van der Waals surface area contributed by atoms with Crippen molar-refractivity contribution in [3.05, 3.63) is 16.8 Å². The van der Waals surface area contributed by atoms with Crippen molar-refractivity contribution in [3.8, 4) is 0 Å². The molecular weight excluding hydrogens is 414 g/mol. The Morgan fingerprint density at radius 1 is 1.36 bits per heavy atom. The van der Waals surface area contributed by atoms with E-state index in [4.69, 9.17) is 0 Å². The number of aromatic nitrogens is 2. The summed E-state index contributed by atoms with van der Waals surface area (Å²) in [4.78, 5) is 25.9. The number of fused-ring (bicyclic) bond motifs is 3. The number of hydrogen-bond acceptors (Lipinski definition) is 7. The summed E-state index contributed by atoms with van der Waals surface area (Å²) < 4.78 is 23.6. The van der Waals surface area contributed by atoms with Gasteiger partial charge in [-0.1, -0.05) is 18.7 Å². The first-order valence-corrected chi connectivity index (χ1v) is 13.4. The van der Waals surface area contributed by atoms with Gasteiger partial charge in [-0.25, -0.2) is 18.4 Å². The molecule has 1 saturated heterocycles. The van der Waals surface area contributed by atoms with E-state index < -0.39 is 9.84 Å². The van der Waals surface area contributed by atoms with Crippen molar-refractivity contribution in [1.82, 2.24) is 14.9 Å². The summed E-state index contributed by atoms with van der Waals surface area (Å²) in [6, 6.07) is -0.191. The molecule has 2 aromatic rings. The van der Waals surface area contributed by atoms with Crippen molar-refractivity contribution in [2.75, 3.05) is 23.8 Å². The molecule has 0 aromatic carbocycles. The molecule has 1 aliphatic heterocycles. The smallest absolute Gasteiger partial charge is 0.233 e. The molecule has 4 rings (SSSR count). The van der Waals surface area contributed by atoms with Crippen LogP contribution in [0.4, 0.5) is 0 Å². The number of carbonyl (C=O) groups is 1. The highest BCUT2D eigenvalue weighted by Gasteiger charge is 2.34. The molecule has 9 heteroatoms. The second kappa shape index (κ2) is 7.91. The van der Waals surface area contributed by atoms with E-state index in [1.165, 1.54) is 28.6 Å². The van der Waals surface area contributed by atoms with E-state index in [0.29, 0.717) is 18.9 Å². The van der Waals surface area contributed by atoms with Crippen LogP contribution >= 0.6 is 23.1 Å². The quantitative estimate of drug-likeness (QED) is 0.526. The summed E-state index contributed by atoms with van der Waals surface area (Å²) in [5, 5.41) is 2.00. The van der Waals surface area contributed by atoms with Gasteiger partial charge in [-0.2, -0.15) is 0 Å². The van der Waals surface area contributed by atoms with Crippen molar-refractivity contribution >= 4 is 49.1 Å². The lowest BCUT2D eigenvalue weighted by Gasteiger charge is -2.26. The molecule has 152 valence electrons. The first-order valence-electron chi connectivity index (χ1n) is 9.76. The number of carbonyl (C=O) groups excluding carboxylic acids is 1. The zero-order valence-electron chi connectivity index (χ0n) is 16.2. The molecule has 2 atom stereocenters. The molecule has 0 saturated carbocycles. The normalized spacial score (nSPS) is 23.6. The second-order valence-electron chi connectivity index (χ2n) is 7.74. The van der Waals surface area contributed by atoms with Crippen LogP contribution in [0.1, 0.15) is 37.1 Å². The second-order valence-corrected chi connectivity index (χ2v) is 12.0. The Kier molecular flexibility index (Phi) is 5.68. The monoisotopic (exact) mass is 439 g/mol. The highest BCUT2D eigenvalue weighted by atomic mass is 32.2. The van der Waals surface area contributed by atoms with Gasteiger partial charge in [0.25, 0.3) is 0 Å². The van der Waals surface area contributed by atoms with E-state index in [2.05, 4.69) is 16.9 Å². The fourth-order valence-electron chi connectivity index (χ4n) is 4.23. The lowest BCUT2D eigenvalue weighted by molar-refractivity contribution is -0.129. The number of sulfone groups is 1. The fourth-order valence-corrected chi connectivity index (χ4v) is 8.29. The zero-order chi connectivity index (χ0) is 19.9. The van der Waals surface area contributed by atoms with Crippen molar-refractivity contribution in [2.24, 2.45) is 5.92 Å². The van der Waals surface area contributed by atoms with Crippen LogP contribution in [0.3, 0.4) is 0 Å². The van der Waals surface area contributed by atoms with Gasteiger partial charge in [0.15, 0.2) is 9.84 Å². The average molecular weight is 440 g/mol. The minimum absolute atomic E-state index is 0.0147. The first kappa shape index (κ1) is 20.1. The van der Waals surface area contributed by atoms with Gasteiger partial charge in [-0.3, -0.25) is 4.79 Å². The molecule has 0 bridgehead atoms. The van der Waals surface area contributed by atoms with Crippen molar-refractivity contribution in [3.63, 3.8) is 0 Å². The van der Waals surface area contributed by atoms with Gasteiger partial charge in [0, 0.05) is 22.8 Å². The van der Waals surface area contributed by atoms with Crippen molar-refractivity contribution < 1.29 is 13.2 Å². The molecule has 0 unspecified atom stereocenters. The number of rotatable bonds is 5. The Balaban J connectivity index is 1.52. The van der Waals surface area contributed by atoms with Gasteiger partial charge < -0.3 is 4.90 Å². The molecule has 0 spiro atoms. The van der Waals surface area contributed by atoms with E-state index in [-0.39, 0.29) is 29.2 Å². The standard InChI is InChI=1S/C19H25N3O3S3/c1-3-22(13-6-7-28(24,25)10-13)16(23)9-26-18-17-14-5-4-12(2)8-15(14)27-19(17)21-11-20-18/h11-13H,3-10H2,1-2H3/t12-,13-/m0/s1. The number of aryl methyl sites for hydroxylation is 1. The molecule has 0 radical (unpaired) electrons. The summed E-state index contributed by atoms with van der Waals surface area (Å²) >= 11 is 3.21. The van der Waals surface area contributed by atoms with Crippen LogP contribution < -0.4 is 0 Å². The van der Waals surface area contributed by atoms with Crippen molar-refractivity contribution in [2.45, 2.75) is 50.6 Å². The van der Waals surface area contributed by atoms with Gasteiger partial charge in [0.1, 0.15) is 16.2 Å². The molecule has 0 N–H and O–H groups in total. The number of amides is 1. The summed E-state index contributed by atoms with van der Waals surface area (Å²) in [5.41, 5.74) is 1.36. The third-order valence-electron chi connectivity index (χ3n) is 5.70. The predicted octanol–water partition coefficient (Wildman–Crippen LogP) is 2.94. The largest absolute Gasteiger partial charge is 0.338 e. The van der Waals surface area contributed by atoms with E-state index in [1.807, 2.05) is 6.92 Å². The zero-order valence-corrected chi connectivity index (χ0v) is 18.6. The Morgan fingerprint density at radius 3 is 2.89 bits per heavy atom. The topological polar surface area (TPSA) is 80.2 Å². The first-order chi connectivity index (χ1) is 13.4. The number of thioether (sulfide) groups is 1. The van der Waals surface area contributed by atoms with Crippen LogP contribution in [-0.4, -0.2) is 59.0 Å². The summed E-state index contributed by atoms with van der Waals surface area (Å²) in [6.07, 6.45) is 5.45. The molecule has 1 aliphatic carbocycles. The fraction of sp³-hybridized carbons (Fsp3) is 0.632. The molecule has 1 fully saturated rings. The Hall–Kier alpha value is -1.19. The number of thiophene rings is 1. The number of nitrogens with zero attached hydrogens (tertiary/aromatic N) is 3. The van der Waals surface area contributed by atoms with Crippen LogP contribution in [0.25, 0.3) is 10.2 Å². The van der Waals surface area contributed by atoms with Gasteiger partial charge in [-0.15, -0.1) is 11.3 Å². The van der Waals surface area contributed by atoms with Gasteiger partial charge in [-0.05, 0) is 44.1 Å². The third kappa shape index (κ3) is 3.93. The van der Waals surface area contributed by atoms with E-state index >= 15 is 0 Å². The van der Waals surface area contributed by atoms with Crippen LogP contribution in [0.2, 0.25) is 0 Å². The molecule has 2 aromatic heterocycles. The highest BCUT2D eigenvalue weighted by Crippen LogP contribution is 2.40. The Labute approximate surface area is 174 Å². The van der Waals surface area contributed by atoms with E-state index in [0.717, 1.165) is 28.1 Å². The average Bonchev–Trinajstić information content (AvgIpc) is 3.19. The predicted molar refractivity (Wildman–Crippen MR) is 114 cm³/mol.